The first-order chi connectivity index (χ1) is 12.9. The van der Waals surface area contributed by atoms with Crippen molar-refractivity contribution in [3.63, 3.8) is 0 Å². The molecule has 6 nitrogen and oxygen atoms in total. The van der Waals surface area contributed by atoms with Crippen molar-refractivity contribution >= 4 is 39.3 Å². The molecule has 0 aromatic heterocycles. The van der Waals surface area contributed by atoms with Crippen molar-refractivity contribution in [1.82, 2.24) is 10.9 Å². The van der Waals surface area contributed by atoms with E-state index < -0.39 is 17.9 Å². The van der Waals surface area contributed by atoms with Crippen LogP contribution in [0.2, 0.25) is 5.02 Å². The summed E-state index contributed by atoms with van der Waals surface area (Å²) in [6.45, 7) is 5.51. The van der Waals surface area contributed by atoms with Gasteiger partial charge in [0.2, 0.25) is 0 Å². The number of nitrogens with one attached hydrogen (secondary N) is 2. The van der Waals surface area contributed by atoms with Crippen molar-refractivity contribution in [2.24, 2.45) is 0 Å². The average Bonchev–Trinajstić information content (AvgIpc) is 2.66. The fourth-order valence-electron chi connectivity index (χ4n) is 1.96. The maximum atomic E-state index is 12.1. The van der Waals surface area contributed by atoms with Gasteiger partial charge in [0.15, 0.2) is 6.10 Å². The zero-order chi connectivity index (χ0) is 19.8. The Morgan fingerprint density at radius 3 is 2.56 bits per heavy atom. The number of ether oxygens (including phenoxy) is 2. The van der Waals surface area contributed by atoms with Crippen LogP contribution in [0.25, 0.3) is 0 Å². The van der Waals surface area contributed by atoms with Crippen LogP contribution in [-0.4, -0.2) is 24.5 Å². The summed E-state index contributed by atoms with van der Waals surface area (Å²) in [5, 5.41) is 0.541. The first-order valence-electron chi connectivity index (χ1n) is 7.96. The van der Waals surface area contributed by atoms with Gasteiger partial charge in [-0.2, -0.15) is 0 Å². The minimum Gasteiger partial charge on any atom is -0.490 e. The Balaban J connectivity index is 1.86. The highest BCUT2D eigenvalue weighted by Gasteiger charge is 2.17. The predicted octanol–water partition coefficient (Wildman–Crippen LogP) is 3.90. The van der Waals surface area contributed by atoms with E-state index in [1.807, 2.05) is 0 Å². The second-order valence-corrected chi connectivity index (χ2v) is 6.69. The van der Waals surface area contributed by atoms with E-state index in [1.54, 1.807) is 55.5 Å². The fraction of sp³-hybridized carbons (Fsp3) is 0.158. The Labute approximate surface area is 170 Å². The van der Waals surface area contributed by atoms with Crippen molar-refractivity contribution in [1.29, 1.82) is 0 Å². The van der Waals surface area contributed by atoms with Crippen molar-refractivity contribution in [3.05, 3.63) is 70.2 Å². The van der Waals surface area contributed by atoms with Gasteiger partial charge in [-0.15, -0.1) is 0 Å². The molecule has 2 amide bonds. The van der Waals surface area contributed by atoms with Gasteiger partial charge in [-0.1, -0.05) is 24.3 Å². The molecule has 0 bridgehead atoms. The molecule has 2 aromatic rings. The molecular formula is C19H18BrClN2O4. The minimum absolute atomic E-state index is 0.371. The van der Waals surface area contributed by atoms with E-state index in [0.717, 1.165) is 0 Å². The van der Waals surface area contributed by atoms with Crippen LogP contribution < -0.4 is 20.3 Å². The molecule has 2 N–H and O–H groups in total. The lowest BCUT2D eigenvalue weighted by atomic mass is 10.2. The highest BCUT2D eigenvalue weighted by atomic mass is 79.9. The summed E-state index contributed by atoms with van der Waals surface area (Å²) < 4.78 is 11.5. The molecule has 2 rings (SSSR count). The van der Waals surface area contributed by atoms with E-state index >= 15 is 0 Å². The smallest absolute Gasteiger partial charge is 0.279 e. The number of carbonyl (C=O) groups is 2. The summed E-state index contributed by atoms with van der Waals surface area (Å²) in [7, 11) is 0. The molecule has 0 fully saturated rings. The Bertz CT molecular complexity index is 827. The number of rotatable bonds is 7. The number of carbonyl (C=O) groups excluding carboxylic acids is 2. The molecule has 0 saturated heterocycles. The third-order valence-corrected chi connectivity index (χ3v) is 4.21. The summed E-state index contributed by atoms with van der Waals surface area (Å²) in [6.07, 6.45) is 0.791. The van der Waals surface area contributed by atoms with E-state index in [2.05, 4.69) is 33.4 Å². The number of hydrazine groups is 1. The lowest BCUT2D eigenvalue weighted by Gasteiger charge is -2.16. The van der Waals surface area contributed by atoms with Gasteiger partial charge in [0.25, 0.3) is 11.8 Å². The third-order valence-electron chi connectivity index (χ3n) is 3.35. The zero-order valence-electron chi connectivity index (χ0n) is 14.5. The number of benzene rings is 2. The van der Waals surface area contributed by atoms with Crippen LogP contribution in [-0.2, 0) is 4.79 Å². The molecule has 0 saturated carbocycles. The molecule has 0 aliphatic heterocycles. The number of hydrogen-bond acceptors (Lipinski definition) is 4. The van der Waals surface area contributed by atoms with Crippen LogP contribution in [0.3, 0.4) is 0 Å². The molecular weight excluding hydrogens is 436 g/mol. The highest BCUT2D eigenvalue weighted by Crippen LogP contribution is 2.28. The van der Waals surface area contributed by atoms with Crippen molar-refractivity contribution in [2.75, 3.05) is 6.61 Å². The standard InChI is InChI=1S/C19H18BrClN2O4/c1-3-10-26-15-7-4-13(5-8-15)19(25)23-22-18(24)12(2)27-17-9-6-14(21)11-16(17)20/h3-9,11-12H,1,10H2,2H3,(H,22,24)(H,23,25). The zero-order valence-corrected chi connectivity index (χ0v) is 16.8. The molecule has 2 aromatic carbocycles. The summed E-state index contributed by atoms with van der Waals surface area (Å²) in [6, 6.07) is 11.4. The first-order valence-corrected chi connectivity index (χ1v) is 9.13. The van der Waals surface area contributed by atoms with Crippen LogP contribution in [0.4, 0.5) is 0 Å². The Morgan fingerprint density at radius 1 is 1.22 bits per heavy atom. The van der Waals surface area contributed by atoms with Gasteiger partial charge in [0.1, 0.15) is 18.1 Å². The third kappa shape index (κ3) is 6.30. The van der Waals surface area contributed by atoms with Crippen molar-refractivity contribution in [2.45, 2.75) is 13.0 Å². The maximum Gasteiger partial charge on any atom is 0.279 e. The highest BCUT2D eigenvalue weighted by molar-refractivity contribution is 9.10. The molecule has 27 heavy (non-hydrogen) atoms. The molecule has 142 valence electrons. The average molecular weight is 454 g/mol. The fourth-order valence-corrected chi connectivity index (χ4v) is 2.74. The van der Waals surface area contributed by atoms with Crippen LogP contribution in [0.15, 0.2) is 59.6 Å². The van der Waals surface area contributed by atoms with E-state index in [9.17, 15) is 9.59 Å². The molecule has 0 aliphatic rings. The normalized spacial score (nSPS) is 11.2. The van der Waals surface area contributed by atoms with Gasteiger partial charge in [-0.05, 0) is 65.3 Å². The van der Waals surface area contributed by atoms with Gasteiger partial charge in [0, 0.05) is 10.6 Å². The molecule has 8 heteroatoms. The largest absolute Gasteiger partial charge is 0.490 e. The number of amides is 2. The summed E-state index contributed by atoms with van der Waals surface area (Å²) in [5.74, 6) is 0.115. The second kappa shape index (κ2) is 9.99. The Kier molecular flexibility index (Phi) is 7.69. The summed E-state index contributed by atoms with van der Waals surface area (Å²) in [4.78, 5) is 24.2. The van der Waals surface area contributed by atoms with E-state index in [4.69, 9.17) is 21.1 Å². The van der Waals surface area contributed by atoms with Crippen LogP contribution in [0.1, 0.15) is 17.3 Å². The SMILES string of the molecule is C=CCOc1ccc(C(=O)NNC(=O)C(C)Oc2ccc(Cl)cc2Br)cc1. The summed E-state index contributed by atoms with van der Waals surface area (Å²) >= 11 is 9.18. The van der Waals surface area contributed by atoms with Crippen LogP contribution in [0.5, 0.6) is 11.5 Å². The molecule has 0 heterocycles. The van der Waals surface area contributed by atoms with Crippen molar-refractivity contribution in [3.8, 4) is 11.5 Å². The van der Waals surface area contributed by atoms with Gasteiger partial charge in [-0.25, -0.2) is 0 Å². The topological polar surface area (TPSA) is 76.7 Å². The van der Waals surface area contributed by atoms with Crippen LogP contribution in [0, 0.1) is 0 Å². The minimum atomic E-state index is -0.836. The predicted molar refractivity (Wildman–Crippen MR) is 107 cm³/mol. The number of hydrogen-bond donors (Lipinski definition) is 2. The first kappa shape index (κ1) is 20.8. The molecule has 1 unspecified atom stereocenters. The van der Waals surface area contributed by atoms with Gasteiger partial charge in [-0.3, -0.25) is 20.4 Å². The molecule has 0 radical (unpaired) electrons. The lowest BCUT2D eigenvalue weighted by molar-refractivity contribution is -0.128. The maximum absolute atomic E-state index is 12.1. The molecule has 1 atom stereocenters. The van der Waals surface area contributed by atoms with E-state index in [0.29, 0.717) is 33.2 Å². The van der Waals surface area contributed by atoms with Crippen LogP contribution >= 0.6 is 27.5 Å². The lowest BCUT2D eigenvalue weighted by Crippen LogP contribution is -2.47. The molecule has 0 spiro atoms. The second-order valence-electron chi connectivity index (χ2n) is 5.40. The quantitative estimate of drug-likeness (QED) is 0.492. The Hall–Kier alpha value is -2.51. The van der Waals surface area contributed by atoms with E-state index in [1.165, 1.54) is 0 Å². The number of halogens is 2. The summed E-state index contributed by atoms with van der Waals surface area (Å²) in [5.41, 5.74) is 5.05. The van der Waals surface area contributed by atoms with Gasteiger partial charge in [0.05, 0.1) is 4.47 Å². The molecule has 0 aliphatic carbocycles. The van der Waals surface area contributed by atoms with Gasteiger partial charge < -0.3 is 9.47 Å². The monoisotopic (exact) mass is 452 g/mol. The van der Waals surface area contributed by atoms with Crippen molar-refractivity contribution < 1.29 is 19.1 Å². The Morgan fingerprint density at radius 2 is 1.93 bits per heavy atom. The van der Waals surface area contributed by atoms with Gasteiger partial charge >= 0.3 is 0 Å². The van der Waals surface area contributed by atoms with E-state index in [-0.39, 0.29) is 0 Å².